The fourth-order valence-corrected chi connectivity index (χ4v) is 4.07. The second-order valence-electron chi connectivity index (χ2n) is 6.37. The van der Waals surface area contributed by atoms with Crippen molar-refractivity contribution < 1.29 is 13.5 Å². The van der Waals surface area contributed by atoms with E-state index in [1.54, 1.807) is 6.07 Å². The first kappa shape index (κ1) is 18.3. The smallest absolute Gasteiger partial charge is 0.238 e. The van der Waals surface area contributed by atoms with Crippen LogP contribution in [-0.2, 0) is 22.0 Å². The minimum atomic E-state index is -3.90. The minimum Gasteiger partial charge on any atom is -0.380 e. The highest BCUT2D eigenvalue weighted by Gasteiger charge is 2.34. The number of hydrogen-bond acceptors (Lipinski definition) is 3. The Morgan fingerprint density at radius 3 is 1.81 bits per heavy atom. The summed E-state index contributed by atoms with van der Waals surface area (Å²) in [6, 6.07) is 23.4. The van der Waals surface area contributed by atoms with E-state index in [9.17, 15) is 13.5 Å². The summed E-state index contributed by atoms with van der Waals surface area (Å²) >= 11 is 0. The zero-order valence-corrected chi connectivity index (χ0v) is 15.3. The Hall–Kier alpha value is -2.47. The lowest BCUT2D eigenvalue weighted by Gasteiger charge is -2.31. The lowest BCUT2D eigenvalue weighted by molar-refractivity contribution is 0.0803. The molecule has 0 fully saturated rings. The van der Waals surface area contributed by atoms with Gasteiger partial charge in [0.25, 0.3) is 0 Å². The molecule has 5 heteroatoms. The van der Waals surface area contributed by atoms with Gasteiger partial charge in [0.1, 0.15) is 5.60 Å². The molecular formula is C21H21NO3S. The van der Waals surface area contributed by atoms with Crippen LogP contribution in [0.4, 0.5) is 0 Å². The predicted molar refractivity (Wildman–Crippen MR) is 102 cm³/mol. The molecule has 0 radical (unpaired) electrons. The minimum absolute atomic E-state index is 0.0442. The summed E-state index contributed by atoms with van der Waals surface area (Å²) in [5.74, 6) is 0. The molecule has 0 aliphatic carbocycles. The molecular weight excluding hydrogens is 346 g/mol. The second-order valence-corrected chi connectivity index (χ2v) is 7.90. The quantitative estimate of drug-likeness (QED) is 0.727. The normalized spacial score (nSPS) is 12.1. The molecule has 0 amide bonds. The van der Waals surface area contributed by atoms with Crippen LogP contribution in [0.5, 0.6) is 0 Å². The molecule has 3 aromatic rings. The Morgan fingerprint density at radius 1 is 0.846 bits per heavy atom. The second kappa shape index (κ2) is 7.03. The van der Waals surface area contributed by atoms with Crippen molar-refractivity contribution in [1.82, 2.24) is 0 Å². The number of sulfonamides is 1. The maximum absolute atomic E-state index is 12.1. The maximum atomic E-state index is 12.1. The molecule has 3 aromatic carbocycles. The van der Waals surface area contributed by atoms with E-state index in [2.05, 4.69) is 0 Å². The Balaban J connectivity index is 2.21. The molecule has 0 saturated carbocycles. The standard InChI is InChI=1S/C21H21NO3S/c1-16-9-8-14-20(26(22,24)25)19(16)15-21(23,17-10-4-2-5-11-17)18-12-6-3-7-13-18/h2-14,23H,15H2,1H3,(H2,22,24,25). The average molecular weight is 367 g/mol. The summed E-state index contributed by atoms with van der Waals surface area (Å²) in [5, 5.41) is 17.1. The first-order valence-electron chi connectivity index (χ1n) is 8.27. The summed E-state index contributed by atoms with van der Waals surface area (Å²) in [7, 11) is -3.90. The highest BCUT2D eigenvalue weighted by atomic mass is 32.2. The predicted octanol–water partition coefficient (Wildman–Crippen LogP) is 3.12. The molecule has 134 valence electrons. The van der Waals surface area contributed by atoms with Gasteiger partial charge in [0.15, 0.2) is 0 Å². The molecule has 4 nitrogen and oxygen atoms in total. The van der Waals surface area contributed by atoms with Crippen molar-refractivity contribution in [2.45, 2.75) is 23.8 Å². The van der Waals surface area contributed by atoms with Crippen molar-refractivity contribution in [3.05, 3.63) is 101 Å². The molecule has 0 atom stereocenters. The van der Waals surface area contributed by atoms with E-state index >= 15 is 0 Å². The van der Waals surface area contributed by atoms with Crippen molar-refractivity contribution in [2.24, 2.45) is 5.14 Å². The average Bonchev–Trinajstić information content (AvgIpc) is 2.64. The summed E-state index contributed by atoms with van der Waals surface area (Å²) < 4.78 is 24.1. The van der Waals surface area contributed by atoms with Crippen molar-refractivity contribution in [2.75, 3.05) is 0 Å². The highest BCUT2D eigenvalue weighted by molar-refractivity contribution is 7.89. The van der Waals surface area contributed by atoms with E-state index in [0.29, 0.717) is 16.7 Å². The van der Waals surface area contributed by atoms with Crippen LogP contribution in [-0.4, -0.2) is 13.5 Å². The fraction of sp³-hybridized carbons (Fsp3) is 0.143. The number of hydrogen-bond donors (Lipinski definition) is 2. The van der Waals surface area contributed by atoms with Crippen molar-refractivity contribution >= 4 is 10.0 Å². The number of aryl methyl sites for hydroxylation is 1. The molecule has 0 aromatic heterocycles. The van der Waals surface area contributed by atoms with Gasteiger partial charge in [-0.05, 0) is 35.2 Å². The van der Waals surface area contributed by atoms with Gasteiger partial charge in [-0.25, -0.2) is 13.6 Å². The van der Waals surface area contributed by atoms with Gasteiger partial charge in [-0.3, -0.25) is 0 Å². The van der Waals surface area contributed by atoms with Gasteiger partial charge in [0.2, 0.25) is 10.0 Å². The summed E-state index contributed by atoms with van der Waals surface area (Å²) in [6.45, 7) is 1.82. The summed E-state index contributed by atoms with van der Waals surface area (Å²) in [6.07, 6.45) is 0.0967. The number of nitrogens with two attached hydrogens (primary N) is 1. The van der Waals surface area contributed by atoms with Gasteiger partial charge in [-0.1, -0.05) is 72.8 Å². The number of aliphatic hydroxyl groups is 1. The van der Waals surface area contributed by atoms with Crippen LogP contribution in [0.3, 0.4) is 0 Å². The summed E-state index contributed by atoms with van der Waals surface area (Å²) in [4.78, 5) is 0.0442. The number of benzene rings is 3. The van der Waals surface area contributed by atoms with E-state index in [4.69, 9.17) is 5.14 Å². The topological polar surface area (TPSA) is 80.4 Å². The molecule has 0 aliphatic rings. The molecule has 0 spiro atoms. The third kappa shape index (κ3) is 3.55. The van der Waals surface area contributed by atoms with E-state index in [-0.39, 0.29) is 11.3 Å². The van der Waals surface area contributed by atoms with Crippen molar-refractivity contribution in [3.8, 4) is 0 Å². The van der Waals surface area contributed by atoms with Gasteiger partial charge in [0, 0.05) is 6.42 Å². The Bertz CT molecular complexity index is 960. The van der Waals surface area contributed by atoms with E-state index in [0.717, 1.165) is 5.56 Å². The molecule has 3 N–H and O–H groups in total. The molecule has 3 rings (SSSR count). The van der Waals surface area contributed by atoms with Gasteiger partial charge >= 0.3 is 0 Å². The first-order valence-corrected chi connectivity index (χ1v) is 9.82. The SMILES string of the molecule is Cc1cccc(S(N)(=O)=O)c1CC(O)(c1ccccc1)c1ccccc1. The van der Waals surface area contributed by atoms with E-state index in [1.807, 2.05) is 73.7 Å². The molecule has 0 aliphatic heterocycles. The highest BCUT2D eigenvalue weighted by Crippen LogP contribution is 2.35. The Morgan fingerprint density at radius 2 is 1.35 bits per heavy atom. The van der Waals surface area contributed by atoms with Crippen LogP contribution in [0.15, 0.2) is 83.8 Å². The van der Waals surface area contributed by atoms with Gasteiger partial charge in [-0.2, -0.15) is 0 Å². The van der Waals surface area contributed by atoms with Gasteiger partial charge in [-0.15, -0.1) is 0 Å². The maximum Gasteiger partial charge on any atom is 0.238 e. The van der Waals surface area contributed by atoms with Crippen LogP contribution in [0.1, 0.15) is 22.3 Å². The molecule has 0 bridgehead atoms. The fourth-order valence-electron chi connectivity index (χ4n) is 3.22. The van der Waals surface area contributed by atoms with Gasteiger partial charge in [0.05, 0.1) is 4.90 Å². The number of rotatable bonds is 5. The van der Waals surface area contributed by atoms with Crippen molar-refractivity contribution in [1.29, 1.82) is 0 Å². The van der Waals surface area contributed by atoms with E-state index < -0.39 is 15.6 Å². The van der Waals surface area contributed by atoms with E-state index in [1.165, 1.54) is 6.07 Å². The zero-order valence-electron chi connectivity index (χ0n) is 14.5. The molecule has 0 heterocycles. The monoisotopic (exact) mass is 367 g/mol. The molecule has 26 heavy (non-hydrogen) atoms. The van der Waals surface area contributed by atoms with Crippen LogP contribution in [0.2, 0.25) is 0 Å². The Labute approximate surface area is 154 Å². The third-order valence-corrected chi connectivity index (χ3v) is 5.60. The van der Waals surface area contributed by atoms with Crippen LogP contribution < -0.4 is 5.14 Å². The first-order chi connectivity index (χ1) is 12.3. The molecule has 0 saturated heterocycles. The lowest BCUT2D eigenvalue weighted by Crippen LogP contribution is -2.31. The van der Waals surface area contributed by atoms with Crippen LogP contribution in [0.25, 0.3) is 0 Å². The lowest BCUT2D eigenvalue weighted by atomic mass is 9.80. The third-order valence-electron chi connectivity index (χ3n) is 4.61. The van der Waals surface area contributed by atoms with Crippen LogP contribution in [0, 0.1) is 6.92 Å². The van der Waals surface area contributed by atoms with Crippen molar-refractivity contribution in [3.63, 3.8) is 0 Å². The molecule has 0 unspecified atom stereocenters. The summed E-state index contributed by atoms with van der Waals surface area (Å²) in [5.41, 5.74) is 1.28. The Kier molecular flexibility index (Phi) is 4.96. The van der Waals surface area contributed by atoms with Gasteiger partial charge < -0.3 is 5.11 Å². The number of primary sulfonamides is 1. The van der Waals surface area contributed by atoms with Crippen LogP contribution >= 0.6 is 0 Å². The zero-order chi connectivity index (χ0) is 18.8. The largest absolute Gasteiger partial charge is 0.380 e.